The van der Waals surface area contributed by atoms with E-state index in [4.69, 9.17) is 25.4 Å². The molecule has 3 aliphatic heterocycles. The first kappa shape index (κ1) is 42.6. The van der Waals surface area contributed by atoms with Gasteiger partial charge in [-0.2, -0.15) is 4.98 Å². The first-order valence-electron chi connectivity index (χ1n) is 19.9. The third-order valence-electron chi connectivity index (χ3n) is 10.9. The van der Waals surface area contributed by atoms with Crippen molar-refractivity contribution in [1.82, 2.24) is 25.5 Å². The van der Waals surface area contributed by atoms with Crippen molar-refractivity contribution in [2.75, 3.05) is 56.5 Å². The monoisotopic (exact) mass is 854 g/mol. The molecular formula is C43H48ClN8O7P. The average Bonchev–Trinajstić information content (AvgIpc) is 3.59. The van der Waals surface area contributed by atoms with Crippen molar-refractivity contribution >= 4 is 71.1 Å². The highest BCUT2D eigenvalue weighted by Gasteiger charge is 2.39. The Morgan fingerprint density at radius 2 is 1.75 bits per heavy atom. The van der Waals surface area contributed by atoms with Crippen LogP contribution in [0.1, 0.15) is 66.4 Å². The van der Waals surface area contributed by atoms with Gasteiger partial charge in [0.25, 0.3) is 5.91 Å². The molecule has 0 saturated carbocycles. The van der Waals surface area contributed by atoms with Crippen molar-refractivity contribution in [1.29, 1.82) is 0 Å². The number of ether oxygens (including phenoxy) is 1. The summed E-state index contributed by atoms with van der Waals surface area (Å²) >= 11 is 6.47. The van der Waals surface area contributed by atoms with Crippen LogP contribution < -0.4 is 36.2 Å². The van der Waals surface area contributed by atoms with Gasteiger partial charge in [0.1, 0.15) is 16.8 Å². The largest absolute Gasteiger partial charge is 0.494 e. The summed E-state index contributed by atoms with van der Waals surface area (Å²) < 4.78 is 29.4. The summed E-state index contributed by atoms with van der Waals surface area (Å²) in [5.41, 5.74) is 4.51. The number of halogens is 1. The van der Waals surface area contributed by atoms with Crippen molar-refractivity contribution in [3.05, 3.63) is 88.6 Å². The van der Waals surface area contributed by atoms with Gasteiger partial charge in [-0.1, -0.05) is 35.6 Å². The van der Waals surface area contributed by atoms with E-state index in [1.807, 2.05) is 24.3 Å². The number of rotatable bonds is 15. The maximum atomic E-state index is 13.2. The van der Waals surface area contributed by atoms with E-state index in [1.165, 1.54) is 20.4 Å². The number of amides is 3. The lowest BCUT2D eigenvalue weighted by Gasteiger charge is -2.34. The van der Waals surface area contributed by atoms with Crippen LogP contribution in [0.2, 0.25) is 5.02 Å². The van der Waals surface area contributed by atoms with Gasteiger partial charge in [-0.05, 0) is 86.7 Å². The Kier molecular flexibility index (Phi) is 13.7. The van der Waals surface area contributed by atoms with Crippen molar-refractivity contribution < 1.29 is 32.7 Å². The van der Waals surface area contributed by atoms with Gasteiger partial charge in [-0.3, -0.25) is 24.3 Å². The highest BCUT2D eigenvalue weighted by molar-refractivity contribution is 7.62. The summed E-state index contributed by atoms with van der Waals surface area (Å²) in [6, 6.07) is 18.3. The van der Waals surface area contributed by atoms with Gasteiger partial charge in [0, 0.05) is 75.6 Å². The molecule has 2 fully saturated rings. The Morgan fingerprint density at radius 1 is 0.950 bits per heavy atom. The number of aromatic nitrogens is 2. The lowest BCUT2D eigenvalue weighted by molar-refractivity contribution is -0.136. The Balaban J connectivity index is 0.850. The fourth-order valence-electron chi connectivity index (χ4n) is 7.64. The fourth-order valence-corrected chi connectivity index (χ4v) is 9.01. The number of benzene rings is 3. The van der Waals surface area contributed by atoms with Gasteiger partial charge in [-0.15, -0.1) is 0 Å². The van der Waals surface area contributed by atoms with E-state index in [1.54, 1.807) is 42.3 Å². The molecule has 4 N–H and O–H groups in total. The standard InChI is InChI=1S/C43H48ClN8O7P/c1-57-37-25-31(14-16-34(37)48-43-46-26-33(44)40(50-43)47-35-11-7-8-12-38(35)60(56,58-2)59-3)51-22-19-30(20-23-51)45-21-9-5-4-6-10-28-13-15-32-29(24-28)27-52(42(32)55)36-17-18-39(53)49-41(36)54/h7-8,11-16,24-26,30,36,45H,4-5,9,17-23,27H2,1-3H3,(H,49,53,54)(H2,46,47,48,50). The molecule has 3 aliphatic rings. The van der Waals surface area contributed by atoms with E-state index in [0.717, 1.165) is 68.6 Å². The van der Waals surface area contributed by atoms with Crippen molar-refractivity contribution in [3.63, 3.8) is 0 Å². The van der Waals surface area contributed by atoms with E-state index in [9.17, 15) is 18.9 Å². The Morgan fingerprint density at radius 3 is 2.52 bits per heavy atom. The minimum absolute atomic E-state index is 0.179. The first-order chi connectivity index (χ1) is 29.1. The summed E-state index contributed by atoms with van der Waals surface area (Å²) in [5, 5.41) is 13.1. The molecule has 1 unspecified atom stereocenters. The average molecular weight is 855 g/mol. The van der Waals surface area contributed by atoms with Gasteiger partial charge >= 0.3 is 7.60 Å². The van der Waals surface area contributed by atoms with Crippen LogP contribution in [-0.4, -0.2) is 85.6 Å². The van der Waals surface area contributed by atoms with Crippen LogP contribution >= 0.6 is 19.2 Å². The molecule has 7 rings (SSSR count). The number of hydrogen-bond acceptors (Lipinski definition) is 13. The Labute approximate surface area is 354 Å². The van der Waals surface area contributed by atoms with Gasteiger partial charge in [0.2, 0.25) is 17.8 Å². The number of imide groups is 1. The summed E-state index contributed by atoms with van der Waals surface area (Å²) in [4.78, 5) is 49.7. The number of methoxy groups -OCH3 is 1. The highest BCUT2D eigenvalue weighted by Crippen LogP contribution is 2.47. The number of piperidine rings is 2. The van der Waals surface area contributed by atoms with Gasteiger partial charge in [0.15, 0.2) is 5.82 Å². The molecule has 1 aromatic heterocycles. The molecule has 314 valence electrons. The van der Waals surface area contributed by atoms with Crippen LogP contribution in [0.5, 0.6) is 5.75 Å². The number of nitrogens with zero attached hydrogens (tertiary/aromatic N) is 4. The Bertz CT molecular complexity index is 2360. The number of fused-ring (bicyclic) bond motifs is 1. The number of hydrogen-bond donors (Lipinski definition) is 4. The molecule has 0 radical (unpaired) electrons. The van der Waals surface area contributed by atoms with Gasteiger partial charge < -0.3 is 39.5 Å². The Hall–Kier alpha value is -5.49. The summed E-state index contributed by atoms with van der Waals surface area (Å²) in [5.74, 6) is 6.84. The smallest absolute Gasteiger partial charge is 0.362 e. The van der Waals surface area contributed by atoms with E-state index >= 15 is 0 Å². The second-order valence-corrected chi connectivity index (χ2v) is 17.3. The molecule has 0 bridgehead atoms. The molecule has 17 heteroatoms. The molecule has 2 saturated heterocycles. The number of nitrogens with one attached hydrogen (secondary N) is 4. The molecule has 3 amide bonds. The van der Waals surface area contributed by atoms with E-state index in [0.29, 0.717) is 52.8 Å². The minimum Gasteiger partial charge on any atom is -0.494 e. The summed E-state index contributed by atoms with van der Waals surface area (Å²) in [7, 11) is 0.724. The molecule has 4 heterocycles. The van der Waals surface area contributed by atoms with Gasteiger partial charge in [0.05, 0.1) is 30.0 Å². The molecule has 60 heavy (non-hydrogen) atoms. The summed E-state index contributed by atoms with van der Waals surface area (Å²) in [6.07, 6.45) is 6.86. The zero-order chi connectivity index (χ0) is 42.2. The maximum Gasteiger partial charge on any atom is 0.362 e. The lowest BCUT2D eigenvalue weighted by atomic mass is 10.0. The second-order valence-electron chi connectivity index (χ2n) is 14.7. The molecular weight excluding hydrogens is 807 g/mol. The van der Waals surface area contributed by atoms with Crippen LogP contribution in [-0.2, 0) is 29.7 Å². The van der Waals surface area contributed by atoms with E-state index < -0.39 is 19.5 Å². The highest BCUT2D eigenvalue weighted by atomic mass is 35.5. The molecule has 0 aliphatic carbocycles. The predicted octanol–water partition coefficient (Wildman–Crippen LogP) is 6.28. The zero-order valence-corrected chi connectivity index (χ0v) is 35.4. The van der Waals surface area contributed by atoms with Crippen LogP contribution in [0.3, 0.4) is 0 Å². The zero-order valence-electron chi connectivity index (χ0n) is 33.8. The second kappa shape index (κ2) is 19.3. The molecule has 3 aromatic carbocycles. The first-order valence-corrected chi connectivity index (χ1v) is 21.8. The number of unbranched alkanes of at least 4 members (excludes halogenated alkanes) is 2. The van der Waals surface area contributed by atoms with Crippen molar-refractivity contribution in [2.24, 2.45) is 0 Å². The minimum atomic E-state index is -3.56. The number of carbonyl (C=O) groups is 3. The number of carbonyl (C=O) groups excluding carboxylic acids is 3. The summed E-state index contributed by atoms with van der Waals surface area (Å²) in [6.45, 7) is 3.09. The van der Waals surface area contributed by atoms with Crippen molar-refractivity contribution in [2.45, 2.75) is 63.6 Å². The van der Waals surface area contributed by atoms with Crippen LogP contribution in [0, 0.1) is 11.8 Å². The normalized spacial score (nSPS) is 16.9. The molecule has 4 aromatic rings. The predicted molar refractivity (Wildman–Crippen MR) is 231 cm³/mol. The maximum absolute atomic E-state index is 13.2. The number of para-hydroxylation sites is 1. The van der Waals surface area contributed by atoms with Crippen LogP contribution in [0.15, 0.2) is 66.9 Å². The molecule has 0 spiro atoms. The van der Waals surface area contributed by atoms with Gasteiger partial charge in [-0.25, -0.2) is 4.98 Å². The van der Waals surface area contributed by atoms with Crippen molar-refractivity contribution in [3.8, 4) is 17.6 Å². The third-order valence-corrected chi connectivity index (χ3v) is 13.1. The van der Waals surface area contributed by atoms with Crippen LogP contribution in [0.4, 0.5) is 28.8 Å². The van der Waals surface area contributed by atoms with E-state index in [2.05, 4.69) is 54.0 Å². The topological polar surface area (TPSA) is 176 Å². The quantitative estimate of drug-likeness (QED) is 0.0456. The third kappa shape index (κ3) is 9.75. The number of anilines is 5. The SMILES string of the molecule is COc1cc(N2CCC(NCCCCC#Cc3ccc4c(c3)CN(C3CCC(=O)NC3=O)C4=O)CC2)ccc1Nc1ncc(Cl)c(Nc2ccccc2P(=O)(OC)OC)n1. The molecule has 15 nitrogen and oxygen atoms in total. The fraction of sp³-hybridized carbons (Fsp3) is 0.372. The van der Waals surface area contributed by atoms with E-state index in [-0.39, 0.29) is 29.2 Å². The lowest BCUT2D eigenvalue weighted by Crippen LogP contribution is -2.52. The van der Waals surface area contributed by atoms with Crippen LogP contribution in [0.25, 0.3) is 0 Å². The molecule has 1 atom stereocenters.